The Kier molecular flexibility index (Phi) is 6.17. The first-order valence-electron chi connectivity index (χ1n) is 6.48. The molecule has 1 aromatic carbocycles. The van der Waals surface area contributed by atoms with E-state index in [2.05, 4.69) is 28.2 Å². The van der Waals surface area contributed by atoms with E-state index in [4.69, 9.17) is 0 Å². The first-order chi connectivity index (χ1) is 8.84. The second-order valence-corrected chi connectivity index (χ2v) is 5.59. The molecule has 0 bridgehead atoms. The Morgan fingerprint density at radius 1 is 1.26 bits per heavy atom. The number of halogens is 4. The molecule has 108 valence electrons. The van der Waals surface area contributed by atoms with E-state index in [0.717, 1.165) is 31.4 Å². The number of benzene rings is 1. The van der Waals surface area contributed by atoms with E-state index in [-0.39, 0.29) is 6.04 Å². The fraction of sp³-hybridized carbons (Fsp3) is 0.571. The largest absolute Gasteiger partial charge is 0.416 e. The van der Waals surface area contributed by atoms with Crippen molar-refractivity contribution in [2.75, 3.05) is 5.32 Å². The minimum atomic E-state index is -4.30. The van der Waals surface area contributed by atoms with Crippen LogP contribution >= 0.6 is 15.9 Å². The normalized spacial score (nSPS) is 13.4. The van der Waals surface area contributed by atoms with Gasteiger partial charge in [-0.25, -0.2) is 0 Å². The SMILES string of the molecule is CCCCCC(C)Nc1ccc(C(F)(F)F)cc1Br. The third-order valence-corrected chi connectivity index (χ3v) is 3.60. The summed E-state index contributed by atoms with van der Waals surface area (Å²) >= 11 is 3.19. The highest BCUT2D eigenvalue weighted by atomic mass is 79.9. The van der Waals surface area contributed by atoms with Crippen molar-refractivity contribution in [2.24, 2.45) is 0 Å². The first kappa shape index (κ1) is 16.3. The molecular weight excluding hydrogens is 319 g/mol. The Morgan fingerprint density at radius 2 is 1.95 bits per heavy atom. The van der Waals surface area contributed by atoms with E-state index in [1.807, 2.05) is 6.92 Å². The lowest BCUT2D eigenvalue weighted by Gasteiger charge is -2.17. The summed E-state index contributed by atoms with van der Waals surface area (Å²) in [6.45, 7) is 4.18. The summed E-state index contributed by atoms with van der Waals surface area (Å²) in [5, 5.41) is 3.23. The van der Waals surface area contributed by atoms with Crippen molar-refractivity contribution in [3.05, 3.63) is 28.2 Å². The molecule has 1 atom stereocenters. The molecule has 0 spiro atoms. The van der Waals surface area contributed by atoms with Crippen LogP contribution in [0.2, 0.25) is 0 Å². The fourth-order valence-corrected chi connectivity index (χ4v) is 2.34. The predicted octanol–water partition coefficient (Wildman–Crippen LogP) is 5.85. The van der Waals surface area contributed by atoms with Gasteiger partial charge in [0, 0.05) is 16.2 Å². The van der Waals surface area contributed by atoms with Gasteiger partial charge in [-0.2, -0.15) is 13.2 Å². The Balaban J connectivity index is 2.65. The second kappa shape index (κ2) is 7.17. The van der Waals surface area contributed by atoms with Crippen LogP contribution in [0.1, 0.15) is 45.1 Å². The first-order valence-corrected chi connectivity index (χ1v) is 7.27. The standard InChI is InChI=1S/C14H19BrF3N/c1-3-4-5-6-10(2)19-13-8-7-11(9-12(13)15)14(16,17)18/h7-10,19H,3-6H2,1-2H3. The van der Waals surface area contributed by atoms with Crippen LogP contribution in [0.15, 0.2) is 22.7 Å². The van der Waals surface area contributed by atoms with Crippen molar-refractivity contribution >= 4 is 21.6 Å². The van der Waals surface area contributed by atoms with Gasteiger partial charge in [-0.3, -0.25) is 0 Å². The molecule has 5 heteroatoms. The maximum atomic E-state index is 12.5. The van der Waals surface area contributed by atoms with Gasteiger partial charge in [0.2, 0.25) is 0 Å². The zero-order valence-electron chi connectivity index (χ0n) is 11.1. The molecule has 0 amide bonds. The van der Waals surface area contributed by atoms with Crippen molar-refractivity contribution in [1.29, 1.82) is 0 Å². The number of hydrogen-bond donors (Lipinski definition) is 1. The molecule has 0 aliphatic heterocycles. The lowest BCUT2D eigenvalue weighted by atomic mass is 10.1. The summed E-state index contributed by atoms with van der Waals surface area (Å²) < 4.78 is 38.0. The molecule has 0 aromatic heterocycles. The highest BCUT2D eigenvalue weighted by molar-refractivity contribution is 9.10. The van der Waals surface area contributed by atoms with Crippen molar-refractivity contribution in [1.82, 2.24) is 0 Å². The molecule has 1 aromatic rings. The Labute approximate surface area is 120 Å². The zero-order valence-corrected chi connectivity index (χ0v) is 12.7. The van der Waals surface area contributed by atoms with Crippen LogP contribution in [0.4, 0.5) is 18.9 Å². The second-order valence-electron chi connectivity index (χ2n) is 4.73. The number of nitrogens with one attached hydrogen (secondary N) is 1. The van der Waals surface area contributed by atoms with E-state index in [1.54, 1.807) is 0 Å². The van der Waals surface area contributed by atoms with Crippen molar-refractivity contribution in [3.8, 4) is 0 Å². The molecule has 1 nitrogen and oxygen atoms in total. The summed E-state index contributed by atoms with van der Waals surface area (Å²) in [7, 11) is 0. The molecule has 0 radical (unpaired) electrons. The maximum absolute atomic E-state index is 12.5. The highest BCUT2D eigenvalue weighted by Gasteiger charge is 2.30. The van der Waals surface area contributed by atoms with E-state index in [9.17, 15) is 13.2 Å². The third kappa shape index (κ3) is 5.43. The third-order valence-electron chi connectivity index (χ3n) is 2.94. The molecule has 19 heavy (non-hydrogen) atoms. The summed E-state index contributed by atoms with van der Waals surface area (Å²) in [6, 6.07) is 3.94. The van der Waals surface area contributed by atoms with Gasteiger partial charge in [0.05, 0.1) is 5.56 Å². The van der Waals surface area contributed by atoms with Gasteiger partial charge in [0.15, 0.2) is 0 Å². The van der Waals surface area contributed by atoms with Gasteiger partial charge in [0.25, 0.3) is 0 Å². The van der Waals surface area contributed by atoms with Crippen LogP contribution in [-0.4, -0.2) is 6.04 Å². The minimum absolute atomic E-state index is 0.250. The highest BCUT2D eigenvalue weighted by Crippen LogP contribution is 2.34. The number of anilines is 1. The van der Waals surface area contributed by atoms with Gasteiger partial charge in [0.1, 0.15) is 0 Å². The summed E-state index contributed by atoms with van der Waals surface area (Å²) in [4.78, 5) is 0. The number of rotatable bonds is 6. The predicted molar refractivity (Wildman–Crippen MR) is 76.4 cm³/mol. The lowest BCUT2D eigenvalue weighted by molar-refractivity contribution is -0.137. The quantitative estimate of drug-likeness (QED) is 0.642. The average Bonchev–Trinajstić information content (AvgIpc) is 2.31. The van der Waals surface area contributed by atoms with Crippen LogP contribution in [0, 0.1) is 0 Å². The fourth-order valence-electron chi connectivity index (χ4n) is 1.85. The van der Waals surface area contributed by atoms with Gasteiger partial charge in [-0.15, -0.1) is 0 Å². The molecule has 0 saturated carbocycles. The molecule has 1 rings (SSSR count). The maximum Gasteiger partial charge on any atom is 0.416 e. The molecule has 1 N–H and O–H groups in total. The van der Waals surface area contributed by atoms with Gasteiger partial charge < -0.3 is 5.32 Å². The number of unbranched alkanes of at least 4 members (excludes halogenated alkanes) is 2. The molecule has 0 saturated heterocycles. The monoisotopic (exact) mass is 337 g/mol. The molecule has 0 heterocycles. The Hall–Kier alpha value is -0.710. The minimum Gasteiger partial charge on any atom is -0.382 e. The van der Waals surface area contributed by atoms with Crippen molar-refractivity contribution < 1.29 is 13.2 Å². The van der Waals surface area contributed by atoms with Crippen molar-refractivity contribution in [3.63, 3.8) is 0 Å². The average molecular weight is 338 g/mol. The van der Waals surface area contributed by atoms with Gasteiger partial charge in [-0.05, 0) is 47.5 Å². The molecular formula is C14H19BrF3N. The Morgan fingerprint density at radius 3 is 2.47 bits per heavy atom. The smallest absolute Gasteiger partial charge is 0.382 e. The molecule has 0 fully saturated rings. The van der Waals surface area contributed by atoms with E-state index in [0.29, 0.717) is 10.2 Å². The molecule has 1 unspecified atom stereocenters. The van der Waals surface area contributed by atoms with Crippen LogP contribution in [0.3, 0.4) is 0 Å². The van der Waals surface area contributed by atoms with Gasteiger partial charge >= 0.3 is 6.18 Å². The lowest BCUT2D eigenvalue weighted by Crippen LogP contribution is -2.15. The molecule has 0 aliphatic carbocycles. The summed E-state index contributed by atoms with van der Waals surface area (Å²) in [5.41, 5.74) is 0.0700. The summed E-state index contributed by atoms with van der Waals surface area (Å²) in [5.74, 6) is 0. The zero-order chi connectivity index (χ0) is 14.5. The topological polar surface area (TPSA) is 12.0 Å². The van der Waals surface area contributed by atoms with Crippen LogP contribution in [0.25, 0.3) is 0 Å². The van der Waals surface area contributed by atoms with E-state index < -0.39 is 11.7 Å². The van der Waals surface area contributed by atoms with E-state index in [1.165, 1.54) is 12.5 Å². The van der Waals surface area contributed by atoms with Crippen LogP contribution in [0.5, 0.6) is 0 Å². The van der Waals surface area contributed by atoms with Gasteiger partial charge in [-0.1, -0.05) is 26.2 Å². The summed E-state index contributed by atoms with van der Waals surface area (Å²) in [6.07, 6.45) is 0.189. The van der Waals surface area contributed by atoms with E-state index >= 15 is 0 Å². The van der Waals surface area contributed by atoms with Crippen LogP contribution < -0.4 is 5.32 Å². The molecule has 0 aliphatic rings. The Bertz CT molecular complexity index is 404. The number of alkyl halides is 3. The number of hydrogen-bond acceptors (Lipinski definition) is 1. The van der Waals surface area contributed by atoms with Crippen LogP contribution in [-0.2, 0) is 6.18 Å². The van der Waals surface area contributed by atoms with Crippen molar-refractivity contribution in [2.45, 2.75) is 51.7 Å².